The number of carbonyl (C=O) groups is 1. The van der Waals surface area contributed by atoms with Crippen LogP contribution in [-0.2, 0) is 4.79 Å². The Bertz CT molecular complexity index is 609. The molecule has 0 N–H and O–H groups in total. The van der Waals surface area contributed by atoms with E-state index in [9.17, 15) is 4.79 Å². The first-order chi connectivity index (χ1) is 10.1. The van der Waals surface area contributed by atoms with Gasteiger partial charge < -0.3 is 4.90 Å². The molecule has 1 saturated heterocycles. The average molecular weight is 305 g/mol. The highest BCUT2D eigenvalue weighted by Gasteiger charge is 2.29. The minimum absolute atomic E-state index is 0.110. The third kappa shape index (κ3) is 2.97. The van der Waals surface area contributed by atoms with E-state index < -0.39 is 0 Å². The fraction of sp³-hybridized carbons (Fsp3) is 0.571. The van der Waals surface area contributed by atoms with Gasteiger partial charge >= 0.3 is 0 Å². The molecule has 1 aliphatic rings. The van der Waals surface area contributed by atoms with E-state index in [4.69, 9.17) is 0 Å². The molecule has 0 unspecified atom stereocenters. The molecule has 2 atom stereocenters. The number of aryl methyl sites for hydroxylation is 1. The number of carbonyl (C=O) groups excluding carboxylic acids is 1. The van der Waals surface area contributed by atoms with Gasteiger partial charge in [-0.25, -0.2) is 14.6 Å². The number of nitrogens with zero attached hydrogens (tertiary/aromatic N) is 5. The molecule has 0 aromatic carbocycles. The first kappa shape index (κ1) is 14.2. The van der Waals surface area contributed by atoms with Crippen molar-refractivity contribution in [3.8, 4) is 0 Å². The van der Waals surface area contributed by atoms with Crippen LogP contribution in [0.15, 0.2) is 18.0 Å². The fourth-order valence-corrected chi connectivity index (χ4v) is 3.66. The summed E-state index contributed by atoms with van der Waals surface area (Å²) in [6.45, 7) is 5.45. The highest BCUT2D eigenvalue weighted by Crippen LogP contribution is 2.30. The summed E-state index contributed by atoms with van der Waals surface area (Å²) >= 11 is 1.70. The van der Waals surface area contributed by atoms with E-state index in [-0.39, 0.29) is 11.9 Å². The zero-order valence-electron chi connectivity index (χ0n) is 12.3. The first-order valence-electron chi connectivity index (χ1n) is 7.20. The van der Waals surface area contributed by atoms with Crippen LogP contribution in [0.3, 0.4) is 0 Å². The van der Waals surface area contributed by atoms with E-state index in [1.165, 1.54) is 6.33 Å². The van der Waals surface area contributed by atoms with Crippen LogP contribution in [0.25, 0.3) is 0 Å². The van der Waals surface area contributed by atoms with Gasteiger partial charge in [0.25, 0.3) is 0 Å². The van der Waals surface area contributed by atoms with Crippen molar-refractivity contribution in [2.24, 2.45) is 0 Å². The summed E-state index contributed by atoms with van der Waals surface area (Å²) in [4.78, 5) is 23.0. The van der Waals surface area contributed by atoms with Crippen molar-refractivity contribution in [1.29, 1.82) is 0 Å². The normalized spacial score (nSPS) is 20.5. The molecular formula is C14H19N5OS. The maximum atomic E-state index is 12.6. The molecular weight excluding hydrogens is 286 g/mol. The maximum Gasteiger partial charge on any atom is 0.247 e. The Labute approximate surface area is 127 Å². The Balaban J connectivity index is 1.69. The Morgan fingerprint density at radius 3 is 3.05 bits per heavy atom. The lowest BCUT2D eigenvalue weighted by atomic mass is 9.98. The molecule has 3 rings (SSSR count). The number of thiazole rings is 1. The maximum absolute atomic E-state index is 12.6. The standard InChI is InChI=1S/C14H19N5OS/c1-10-7-21-13(17-10)12-4-3-5-18(6-12)14(20)11(2)19-9-15-8-16-19/h7-9,11-12H,3-6H2,1-2H3/t11-,12-/m0/s1. The smallest absolute Gasteiger partial charge is 0.247 e. The summed E-state index contributed by atoms with van der Waals surface area (Å²) in [7, 11) is 0. The molecule has 3 heterocycles. The van der Waals surface area contributed by atoms with Gasteiger partial charge in [-0.3, -0.25) is 4.79 Å². The summed E-state index contributed by atoms with van der Waals surface area (Å²) in [6, 6.07) is -0.302. The first-order valence-corrected chi connectivity index (χ1v) is 8.08. The number of amides is 1. The number of hydrogen-bond acceptors (Lipinski definition) is 5. The van der Waals surface area contributed by atoms with E-state index in [0.29, 0.717) is 5.92 Å². The van der Waals surface area contributed by atoms with Gasteiger partial charge in [-0.15, -0.1) is 11.3 Å². The molecule has 0 radical (unpaired) electrons. The van der Waals surface area contributed by atoms with Crippen LogP contribution in [0.2, 0.25) is 0 Å². The Hall–Kier alpha value is -1.76. The van der Waals surface area contributed by atoms with Gasteiger partial charge in [0, 0.05) is 30.1 Å². The van der Waals surface area contributed by atoms with Crippen LogP contribution in [0.1, 0.15) is 42.4 Å². The summed E-state index contributed by atoms with van der Waals surface area (Å²) in [5.74, 6) is 0.475. The molecule has 1 amide bonds. The molecule has 0 aliphatic carbocycles. The minimum atomic E-state index is -0.302. The van der Waals surface area contributed by atoms with Crippen LogP contribution in [0.4, 0.5) is 0 Å². The Kier molecular flexibility index (Phi) is 4.01. The van der Waals surface area contributed by atoms with E-state index in [1.807, 2.05) is 18.7 Å². The van der Waals surface area contributed by atoms with Crippen molar-refractivity contribution >= 4 is 17.2 Å². The second-order valence-electron chi connectivity index (χ2n) is 5.50. The molecule has 0 bridgehead atoms. The molecule has 0 spiro atoms. The number of rotatable bonds is 3. The van der Waals surface area contributed by atoms with E-state index in [2.05, 4.69) is 20.4 Å². The molecule has 2 aromatic heterocycles. The second kappa shape index (κ2) is 5.93. The van der Waals surface area contributed by atoms with Crippen molar-refractivity contribution in [3.05, 3.63) is 28.7 Å². The van der Waals surface area contributed by atoms with Crippen LogP contribution < -0.4 is 0 Å². The number of piperidine rings is 1. The molecule has 6 nitrogen and oxygen atoms in total. The molecule has 7 heteroatoms. The Morgan fingerprint density at radius 1 is 1.52 bits per heavy atom. The average Bonchev–Trinajstić information content (AvgIpc) is 3.17. The zero-order chi connectivity index (χ0) is 14.8. The highest BCUT2D eigenvalue weighted by atomic mass is 32.1. The van der Waals surface area contributed by atoms with Gasteiger partial charge in [0.15, 0.2) is 0 Å². The van der Waals surface area contributed by atoms with Gasteiger partial charge in [0.2, 0.25) is 5.91 Å². The third-order valence-electron chi connectivity index (χ3n) is 3.91. The van der Waals surface area contributed by atoms with Crippen LogP contribution in [0.5, 0.6) is 0 Å². The zero-order valence-corrected chi connectivity index (χ0v) is 13.1. The highest BCUT2D eigenvalue weighted by molar-refractivity contribution is 7.09. The van der Waals surface area contributed by atoms with E-state index in [1.54, 1.807) is 22.3 Å². The molecule has 1 fully saturated rings. The molecule has 2 aromatic rings. The quantitative estimate of drug-likeness (QED) is 0.870. The summed E-state index contributed by atoms with van der Waals surface area (Å²) in [5.41, 5.74) is 1.06. The van der Waals surface area contributed by atoms with Crippen LogP contribution >= 0.6 is 11.3 Å². The summed E-state index contributed by atoms with van der Waals surface area (Å²) in [6.07, 6.45) is 5.18. The number of likely N-dealkylation sites (tertiary alicyclic amines) is 1. The van der Waals surface area contributed by atoms with Crippen molar-refractivity contribution < 1.29 is 4.79 Å². The van der Waals surface area contributed by atoms with Gasteiger partial charge in [-0.05, 0) is 26.7 Å². The van der Waals surface area contributed by atoms with Crippen molar-refractivity contribution in [3.63, 3.8) is 0 Å². The predicted molar refractivity (Wildman–Crippen MR) is 80.1 cm³/mol. The summed E-state index contributed by atoms with van der Waals surface area (Å²) < 4.78 is 1.61. The third-order valence-corrected chi connectivity index (χ3v) is 5.03. The topological polar surface area (TPSA) is 63.9 Å². The minimum Gasteiger partial charge on any atom is -0.340 e. The van der Waals surface area contributed by atoms with Crippen molar-refractivity contribution in [1.82, 2.24) is 24.6 Å². The van der Waals surface area contributed by atoms with E-state index >= 15 is 0 Å². The van der Waals surface area contributed by atoms with Crippen molar-refractivity contribution in [2.75, 3.05) is 13.1 Å². The SMILES string of the molecule is Cc1csc([C@H]2CCCN(C(=O)[C@H](C)n3cncn3)C2)n1. The number of hydrogen-bond donors (Lipinski definition) is 0. The monoisotopic (exact) mass is 305 g/mol. The fourth-order valence-electron chi connectivity index (χ4n) is 2.73. The van der Waals surface area contributed by atoms with Crippen LogP contribution in [0, 0.1) is 6.92 Å². The van der Waals surface area contributed by atoms with Gasteiger partial charge in [-0.1, -0.05) is 0 Å². The number of aromatic nitrogens is 4. The van der Waals surface area contributed by atoms with Gasteiger partial charge in [0.1, 0.15) is 18.7 Å². The predicted octanol–water partition coefficient (Wildman–Crippen LogP) is 2.01. The summed E-state index contributed by atoms with van der Waals surface area (Å²) in [5, 5.41) is 7.29. The molecule has 112 valence electrons. The lowest BCUT2D eigenvalue weighted by Crippen LogP contribution is -2.42. The van der Waals surface area contributed by atoms with Gasteiger partial charge in [-0.2, -0.15) is 5.10 Å². The lowest BCUT2D eigenvalue weighted by Gasteiger charge is -2.33. The van der Waals surface area contributed by atoms with Crippen LogP contribution in [-0.4, -0.2) is 43.6 Å². The molecule has 21 heavy (non-hydrogen) atoms. The van der Waals surface area contributed by atoms with Gasteiger partial charge in [0.05, 0.1) is 5.01 Å². The van der Waals surface area contributed by atoms with Crippen molar-refractivity contribution in [2.45, 2.75) is 38.6 Å². The lowest BCUT2D eigenvalue weighted by molar-refractivity contribution is -0.135. The van der Waals surface area contributed by atoms with E-state index in [0.717, 1.165) is 36.6 Å². The Morgan fingerprint density at radius 2 is 2.38 bits per heavy atom. The molecule has 1 aliphatic heterocycles. The molecule has 0 saturated carbocycles. The second-order valence-corrected chi connectivity index (χ2v) is 6.39. The largest absolute Gasteiger partial charge is 0.340 e.